The van der Waals surface area contributed by atoms with Crippen LogP contribution in [0.2, 0.25) is 5.02 Å². The number of nitrogens with zero attached hydrogens (tertiary/aromatic N) is 2. The predicted octanol–water partition coefficient (Wildman–Crippen LogP) is 1.93. The van der Waals surface area contributed by atoms with Crippen molar-refractivity contribution in [1.29, 1.82) is 0 Å². The van der Waals surface area contributed by atoms with Gasteiger partial charge >= 0.3 is 5.69 Å². The highest BCUT2D eigenvalue weighted by Crippen LogP contribution is 2.24. The monoisotopic (exact) mass is 308 g/mol. The van der Waals surface area contributed by atoms with E-state index in [0.717, 1.165) is 0 Å². The first-order valence-corrected chi connectivity index (χ1v) is 6.99. The third-order valence-corrected chi connectivity index (χ3v) is 3.42. The molecule has 6 nitrogen and oxygen atoms in total. The van der Waals surface area contributed by atoms with Crippen molar-refractivity contribution in [2.24, 2.45) is 0 Å². The van der Waals surface area contributed by atoms with Crippen LogP contribution in [0.5, 0.6) is 0 Å². The van der Waals surface area contributed by atoms with Crippen LogP contribution in [0.3, 0.4) is 0 Å². The third kappa shape index (κ3) is 3.66. The largest absolute Gasteiger partial charge is 0.399 e. The second-order valence-electron chi connectivity index (χ2n) is 4.60. The van der Waals surface area contributed by atoms with Crippen molar-refractivity contribution >= 4 is 28.9 Å². The fourth-order valence-electron chi connectivity index (χ4n) is 1.93. The van der Waals surface area contributed by atoms with Gasteiger partial charge in [-0.2, -0.15) is 0 Å². The van der Waals surface area contributed by atoms with E-state index in [0.29, 0.717) is 29.5 Å². The number of nitrogen functional groups attached to an aromatic ring is 1. The van der Waals surface area contributed by atoms with Crippen LogP contribution in [0.4, 0.5) is 11.4 Å². The Labute approximate surface area is 127 Å². The van der Waals surface area contributed by atoms with E-state index >= 15 is 0 Å². The molecular weight excluding hydrogens is 292 g/mol. The maximum absolute atomic E-state index is 11.9. The Morgan fingerprint density at radius 2 is 2.05 bits per heavy atom. The molecule has 0 fully saturated rings. The molecule has 1 aromatic carbocycles. The second kappa shape index (κ2) is 6.49. The molecule has 21 heavy (non-hydrogen) atoms. The summed E-state index contributed by atoms with van der Waals surface area (Å²) in [5.41, 5.74) is 6.51. The first-order chi connectivity index (χ1) is 10.0. The van der Waals surface area contributed by atoms with Crippen LogP contribution in [0.1, 0.15) is 13.3 Å². The molecule has 0 spiro atoms. The van der Waals surface area contributed by atoms with Crippen LogP contribution in [-0.2, 0) is 17.9 Å². The highest BCUT2D eigenvalue weighted by molar-refractivity contribution is 6.34. The van der Waals surface area contributed by atoms with Crippen LogP contribution in [0.15, 0.2) is 35.4 Å². The number of carbonyl (C=O) groups excluding carboxylic acids is 1. The number of amides is 1. The van der Waals surface area contributed by atoms with Gasteiger partial charge in [-0.15, -0.1) is 0 Å². The van der Waals surface area contributed by atoms with Crippen LogP contribution >= 0.6 is 11.6 Å². The molecule has 1 amide bonds. The number of anilines is 2. The van der Waals surface area contributed by atoms with E-state index in [-0.39, 0.29) is 18.0 Å². The van der Waals surface area contributed by atoms with Gasteiger partial charge in [-0.3, -0.25) is 13.9 Å². The van der Waals surface area contributed by atoms with Crippen molar-refractivity contribution < 1.29 is 4.79 Å². The summed E-state index contributed by atoms with van der Waals surface area (Å²) >= 11 is 5.98. The molecule has 7 heteroatoms. The molecule has 1 heterocycles. The third-order valence-electron chi connectivity index (χ3n) is 3.11. The number of hydrogen-bond donors (Lipinski definition) is 2. The number of hydrogen-bond acceptors (Lipinski definition) is 3. The van der Waals surface area contributed by atoms with Gasteiger partial charge in [0.15, 0.2) is 0 Å². The van der Waals surface area contributed by atoms with E-state index < -0.39 is 0 Å². The van der Waals surface area contributed by atoms with Crippen molar-refractivity contribution in [2.45, 2.75) is 26.4 Å². The van der Waals surface area contributed by atoms with Gasteiger partial charge in [-0.25, -0.2) is 4.79 Å². The predicted molar refractivity (Wildman–Crippen MR) is 83.5 cm³/mol. The molecule has 2 rings (SSSR count). The minimum absolute atomic E-state index is 0.115. The number of aromatic nitrogens is 2. The normalized spacial score (nSPS) is 10.6. The molecule has 0 aliphatic heterocycles. The van der Waals surface area contributed by atoms with Gasteiger partial charge in [0.25, 0.3) is 0 Å². The molecule has 0 unspecified atom stereocenters. The lowest BCUT2D eigenvalue weighted by Crippen LogP contribution is -2.25. The number of benzene rings is 1. The lowest BCUT2D eigenvalue weighted by molar-refractivity contribution is -0.116. The smallest absolute Gasteiger partial charge is 0.328 e. The Kier molecular flexibility index (Phi) is 4.70. The number of halogens is 1. The molecule has 2 aromatic rings. The summed E-state index contributed by atoms with van der Waals surface area (Å²) in [7, 11) is 0. The van der Waals surface area contributed by atoms with E-state index in [9.17, 15) is 9.59 Å². The number of nitrogens with one attached hydrogen (secondary N) is 1. The van der Waals surface area contributed by atoms with E-state index in [1.807, 2.05) is 6.92 Å². The van der Waals surface area contributed by atoms with Crippen LogP contribution in [-0.4, -0.2) is 15.0 Å². The summed E-state index contributed by atoms with van der Waals surface area (Å²) in [6, 6.07) is 4.88. The van der Waals surface area contributed by atoms with Gasteiger partial charge in [0, 0.05) is 37.6 Å². The standard InChI is InChI=1S/C14H17ClN4O2/c1-2-18-7-8-19(14(18)21)6-5-13(20)17-12-4-3-10(16)9-11(12)15/h3-4,7-9H,2,5-6,16H2,1H3,(H,17,20). The highest BCUT2D eigenvalue weighted by Gasteiger charge is 2.08. The van der Waals surface area contributed by atoms with Crippen LogP contribution < -0.4 is 16.7 Å². The van der Waals surface area contributed by atoms with Crippen molar-refractivity contribution in [3.63, 3.8) is 0 Å². The van der Waals surface area contributed by atoms with Crippen LogP contribution in [0.25, 0.3) is 0 Å². The average molecular weight is 309 g/mol. The van der Waals surface area contributed by atoms with Gasteiger partial charge in [-0.05, 0) is 25.1 Å². The molecule has 3 N–H and O–H groups in total. The average Bonchev–Trinajstić information content (AvgIpc) is 2.80. The summed E-state index contributed by atoms with van der Waals surface area (Å²) in [4.78, 5) is 23.7. The molecule has 0 saturated carbocycles. The van der Waals surface area contributed by atoms with Gasteiger partial charge < -0.3 is 11.1 Å². The number of carbonyl (C=O) groups is 1. The summed E-state index contributed by atoms with van der Waals surface area (Å²) in [5, 5.41) is 3.09. The zero-order valence-corrected chi connectivity index (χ0v) is 12.4. The molecule has 0 bridgehead atoms. The summed E-state index contributed by atoms with van der Waals surface area (Å²) in [6.07, 6.45) is 3.57. The van der Waals surface area contributed by atoms with E-state index in [1.54, 1.807) is 35.2 Å². The Morgan fingerprint density at radius 1 is 1.33 bits per heavy atom. The quantitative estimate of drug-likeness (QED) is 0.828. The Morgan fingerprint density at radius 3 is 2.67 bits per heavy atom. The fourth-order valence-corrected chi connectivity index (χ4v) is 2.17. The molecule has 0 aliphatic rings. The van der Waals surface area contributed by atoms with Crippen LogP contribution in [0, 0.1) is 0 Å². The van der Waals surface area contributed by atoms with Crippen molar-refractivity contribution in [1.82, 2.24) is 9.13 Å². The molecule has 112 valence electrons. The topological polar surface area (TPSA) is 82.1 Å². The number of aryl methyl sites for hydroxylation is 2. The Balaban J connectivity index is 1.96. The van der Waals surface area contributed by atoms with Crippen molar-refractivity contribution in [3.8, 4) is 0 Å². The summed E-state index contributed by atoms with van der Waals surface area (Å²) in [6.45, 7) is 2.82. The van der Waals surface area contributed by atoms with E-state index in [1.165, 1.54) is 4.57 Å². The molecule has 0 radical (unpaired) electrons. The van der Waals surface area contributed by atoms with Gasteiger partial charge in [0.05, 0.1) is 10.7 Å². The first-order valence-electron chi connectivity index (χ1n) is 6.61. The molecular formula is C14H17ClN4O2. The SMILES string of the molecule is CCn1ccn(CCC(=O)Nc2ccc(N)cc2Cl)c1=O. The van der Waals surface area contributed by atoms with E-state index in [2.05, 4.69) is 5.32 Å². The minimum Gasteiger partial charge on any atom is -0.399 e. The summed E-state index contributed by atoms with van der Waals surface area (Å²) in [5.74, 6) is -0.210. The lowest BCUT2D eigenvalue weighted by Gasteiger charge is -2.08. The molecule has 0 saturated heterocycles. The molecule has 0 aliphatic carbocycles. The zero-order valence-electron chi connectivity index (χ0n) is 11.7. The highest BCUT2D eigenvalue weighted by atomic mass is 35.5. The van der Waals surface area contributed by atoms with Crippen molar-refractivity contribution in [3.05, 3.63) is 46.1 Å². The zero-order chi connectivity index (χ0) is 15.4. The van der Waals surface area contributed by atoms with E-state index in [4.69, 9.17) is 17.3 Å². The maximum Gasteiger partial charge on any atom is 0.328 e. The summed E-state index contributed by atoms with van der Waals surface area (Å²) < 4.78 is 3.09. The molecule has 1 aromatic heterocycles. The minimum atomic E-state index is -0.210. The first kappa shape index (κ1) is 15.2. The maximum atomic E-state index is 11.9. The van der Waals surface area contributed by atoms with Crippen molar-refractivity contribution in [2.75, 3.05) is 11.1 Å². The lowest BCUT2D eigenvalue weighted by atomic mass is 10.2. The van der Waals surface area contributed by atoms with Gasteiger partial charge in [0.2, 0.25) is 5.91 Å². The van der Waals surface area contributed by atoms with Gasteiger partial charge in [0.1, 0.15) is 0 Å². The number of rotatable bonds is 5. The van der Waals surface area contributed by atoms with Gasteiger partial charge in [-0.1, -0.05) is 11.6 Å². The Bertz CT molecular complexity index is 705. The molecule has 0 atom stereocenters. The Hall–Kier alpha value is -2.21. The fraction of sp³-hybridized carbons (Fsp3) is 0.286. The number of imidazole rings is 1. The second-order valence-corrected chi connectivity index (χ2v) is 5.00. The number of nitrogens with two attached hydrogens (primary N) is 1.